The monoisotopic (exact) mass is 271 g/mol. The third-order valence-electron chi connectivity index (χ3n) is 3.47. The molecule has 1 aliphatic rings. The fraction of sp³-hybridized carbons (Fsp3) is 0.286. The van der Waals surface area contributed by atoms with Gasteiger partial charge in [0.05, 0.1) is 24.4 Å². The Morgan fingerprint density at radius 2 is 2.37 bits per heavy atom. The van der Waals surface area contributed by atoms with Gasteiger partial charge in [0.2, 0.25) is 0 Å². The first kappa shape index (κ1) is 12.0. The molecule has 0 bridgehead atoms. The zero-order valence-electron chi connectivity index (χ0n) is 10.5. The number of nitrogens with zero attached hydrogens (tertiary/aromatic N) is 2. The molecule has 1 aromatic carbocycles. The summed E-state index contributed by atoms with van der Waals surface area (Å²) in [5, 5.41) is 9.57. The minimum atomic E-state index is 0.285. The van der Waals surface area contributed by atoms with E-state index < -0.39 is 0 Å². The molecular formula is C14H13N3OS. The van der Waals surface area contributed by atoms with Gasteiger partial charge in [0.1, 0.15) is 5.75 Å². The van der Waals surface area contributed by atoms with Crippen LogP contribution in [0.3, 0.4) is 0 Å². The molecule has 0 amide bonds. The lowest BCUT2D eigenvalue weighted by molar-refractivity contribution is 0.407. The van der Waals surface area contributed by atoms with Crippen LogP contribution in [0, 0.1) is 11.3 Å². The van der Waals surface area contributed by atoms with Crippen LogP contribution in [0.25, 0.3) is 0 Å². The van der Waals surface area contributed by atoms with Crippen molar-refractivity contribution in [2.75, 3.05) is 12.8 Å². The van der Waals surface area contributed by atoms with E-state index in [1.807, 2.05) is 12.1 Å². The lowest BCUT2D eigenvalue weighted by Crippen LogP contribution is -1.99. The van der Waals surface area contributed by atoms with Crippen molar-refractivity contribution >= 4 is 16.5 Å². The van der Waals surface area contributed by atoms with Crippen molar-refractivity contribution in [3.63, 3.8) is 0 Å². The summed E-state index contributed by atoms with van der Waals surface area (Å²) < 4.78 is 5.42. The summed E-state index contributed by atoms with van der Waals surface area (Å²) >= 11 is 1.56. The molecule has 1 aliphatic carbocycles. The lowest BCUT2D eigenvalue weighted by atomic mass is 9.96. The van der Waals surface area contributed by atoms with Crippen LogP contribution in [0.2, 0.25) is 0 Å². The van der Waals surface area contributed by atoms with Gasteiger partial charge in [-0.15, -0.1) is 11.3 Å². The molecule has 4 nitrogen and oxygen atoms in total. The second-order valence-electron chi connectivity index (χ2n) is 4.52. The van der Waals surface area contributed by atoms with Crippen molar-refractivity contribution in [3.8, 4) is 11.8 Å². The van der Waals surface area contributed by atoms with Crippen molar-refractivity contribution in [2.24, 2.45) is 0 Å². The number of fused-ring (bicyclic) bond motifs is 1. The van der Waals surface area contributed by atoms with Gasteiger partial charge >= 0.3 is 0 Å². The van der Waals surface area contributed by atoms with Crippen LogP contribution in [0.15, 0.2) is 18.2 Å². The SMILES string of the molecule is COc1cc(C#N)ccc1C1CCc2nc(N)sc21. The number of nitrogen functional groups attached to an aromatic ring is 1. The maximum absolute atomic E-state index is 8.94. The molecule has 96 valence electrons. The predicted octanol–water partition coefficient (Wildman–Crippen LogP) is 2.68. The molecule has 1 unspecified atom stereocenters. The fourth-order valence-electron chi connectivity index (χ4n) is 2.61. The number of methoxy groups -OCH3 is 1. The highest BCUT2D eigenvalue weighted by molar-refractivity contribution is 7.15. The summed E-state index contributed by atoms with van der Waals surface area (Å²) in [5.74, 6) is 1.05. The van der Waals surface area contributed by atoms with Crippen molar-refractivity contribution in [2.45, 2.75) is 18.8 Å². The van der Waals surface area contributed by atoms with Gasteiger partial charge in [0.15, 0.2) is 5.13 Å². The Labute approximate surface area is 115 Å². The van der Waals surface area contributed by atoms with Crippen molar-refractivity contribution < 1.29 is 4.74 Å². The van der Waals surface area contributed by atoms with E-state index >= 15 is 0 Å². The van der Waals surface area contributed by atoms with Gasteiger partial charge in [0, 0.05) is 16.4 Å². The first-order chi connectivity index (χ1) is 9.22. The quantitative estimate of drug-likeness (QED) is 0.911. The zero-order valence-corrected chi connectivity index (χ0v) is 11.3. The van der Waals surface area contributed by atoms with Gasteiger partial charge in [-0.25, -0.2) is 4.98 Å². The predicted molar refractivity (Wildman–Crippen MR) is 74.4 cm³/mol. The first-order valence-electron chi connectivity index (χ1n) is 6.06. The highest BCUT2D eigenvalue weighted by Crippen LogP contribution is 2.45. The molecule has 5 heteroatoms. The summed E-state index contributed by atoms with van der Waals surface area (Å²) in [6.45, 7) is 0. The maximum atomic E-state index is 8.94. The number of ether oxygens (including phenoxy) is 1. The van der Waals surface area contributed by atoms with E-state index in [1.165, 1.54) is 4.88 Å². The normalized spacial score (nSPS) is 16.9. The highest BCUT2D eigenvalue weighted by atomic mass is 32.1. The van der Waals surface area contributed by atoms with Crippen LogP contribution in [0.5, 0.6) is 5.75 Å². The average molecular weight is 271 g/mol. The van der Waals surface area contributed by atoms with Gasteiger partial charge in [-0.3, -0.25) is 0 Å². The number of nitriles is 1. The molecule has 0 radical (unpaired) electrons. The zero-order chi connectivity index (χ0) is 13.4. The van der Waals surface area contributed by atoms with E-state index in [4.69, 9.17) is 15.7 Å². The van der Waals surface area contributed by atoms with E-state index in [0.717, 1.165) is 29.8 Å². The molecule has 19 heavy (non-hydrogen) atoms. The Morgan fingerprint density at radius 3 is 3.11 bits per heavy atom. The molecule has 1 heterocycles. The van der Waals surface area contributed by atoms with E-state index in [2.05, 4.69) is 11.1 Å². The van der Waals surface area contributed by atoms with E-state index in [-0.39, 0.29) is 5.92 Å². The average Bonchev–Trinajstić information content (AvgIpc) is 2.97. The summed E-state index contributed by atoms with van der Waals surface area (Å²) in [5.41, 5.74) is 8.62. The number of aryl methyl sites for hydroxylation is 1. The molecule has 1 aromatic heterocycles. The van der Waals surface area contributed by atoms with Crippen LogP contribution in [0.1, 0.15) is 34.0 Å². The molecule has 1 atom stereocenters. The molecule has 0 saturated carbocycles. The molecule has 3 rings (SSSR count). The van der Waals surface area contributed by atoms with Crippen LogP contribution in [0.4, 0.5) is 5.13 Å². The van der Waals surface area contributed by atoms with Crippen LogP contribution >= 0.6 is 11.3 Å². The van der Waals surface area contributed by atoms with Gasteiger partial charge in [-0.05, 0) is 25.0 Å². The Bertz CT molecular complexity index is 672. The summed E-state index contributed by atoms with van der Waals surface area (Å²) in [6, 6.07) is 7.74. The third kappa shape index (κ3) is 1.94. The maximum Gasteiger partial charge on any atom is 0.180 e. The lowest BCUT2D eigenvalue weighted by Gasteiger charge is -2.14. The largest absolute Gasteiger partial charge is 0.496 e. The summed E-state index contributed by atoms with van der Waals surface area (Å²) in [7, 11) is 1.64. The van der Waals surface area contributed by atoms with E-state index in [9.17, 15) is 0 Å². The first-order valence-corrected chi connectivity index (χ1v) is 6.87. The summed E-state index contributed by atoms with van der Waals surface area (Å²) in [4.78, 5) is 5.60. The standard InChI is InChI=1S/C14H13N3OS/c1-18-12-6-8(7-15)2-3-9(12)10-4-5-11-13(10)19-14(16)17-11/h2-3,6,10H,4-5H2,1H3,(H2,16,17). The molecule has 0 spiro atoms. The highest BCUT2D eigenvalue weighted by Gasteiger charge is 2.29. The fourth-order valence-corrected chi connectivity index (χ4v) is 3.65. The minimum absolute atomic E-state index is 0.285. The molecular weight excluding hydrogens is 258 g/mol. The molecule has 2 aromatic rings. The number of thiazole rings is 1. The minimum Gasteiger partial charge on any atom is -0.496 e. The smallest absolute Gasteiger partial charge is 0.180 e. The van der Waals surface area contributed by atoms with Gasteiger partial charge in [-0.1, -0.05) is 6.07 Å². The van der Waals surface area contributed by atoms with Gasteiger partial charge in [0.25, 0.3) is 0 Å². The number of hydrogen-bond donors (Lipinski definition) is 1. The van der Waals surface area contributed by atoms with E-state index in [0.29, 0.717) is 10.7 Å². The number of hydrogen-bond acceptors (Lipinski definition) is 5. The summed E-state index contributed by atoms with van der Waals surface area (Å²) in [6.07, 6.45) is 1.98. The number of rotatable bonds is 2. The second kappa shape index (κ2) is 4.56. The Kier molecular flexibility index (Phi) is 2.88. The van der Waals surface area contributed by atoms with Crippen LogP contribution in [-0.4, -0.2) is 12.1 Å². The van der Waals surface area contributed by atoms with Crippen molar-refractivity contribution in [1.29, 1.82) is 5.26 Å². The Hall–Kier alpha value is -2.06. The number of nitrogens with two attached hydrogens (primary N) is 1. The van der Waals surface area contributed by atoms with Crippen LogP contribution < -0.4 is 10.5 Å². The Morgan fingerprint density at radius 1 is 1.53 bits per heavy atom. The number of benzene rings is 1. The van der Waals surface area contributed by atoms with Gasteiger partial charge < -0.3 is 10.5 Å². The van der Waals surface area contributed by atoms with Crippen LogP contribution in [-0.2, 0) is 6.42 Å². The van der Waals surface area contributed by atoms with Gasteiger partial charge in [-0.2, -0.15) is 5.26 Å². The molecule has 0 saturated heterocycles. The van der Waals surface area contributed by atoms with Crippen molar-refractivity contribution in [1.82, 2.24) is 4.98 Å². The molecule has 0 fully saturated rings. The number of anilines is 1. The topological polar surface area (TPSA) is 71.9 Å². The third-order valence-corrected chi connectivity index (χ3v) is 4.51. The Balaban J connectivity index is 2.06. The number of aromatic nitrogens is 1. The van der Waals surface area contributed by atoms with E-state index in [1.54, 1.807) is 24.5 Å². The second-order valence-corrected chi connectivity index (χ2v) is 5.59. The molecule has 0 aliphatic heterocycles. The van der Waals surface area contributed by atoms with Crippen molar-refractivity contribution in [3.05, 3.63) is 39.9 Å². The molecule has 2 N–H and O–H groups in total.